The lowest BCUT2D eigenvalue weighted by Gasteiger charge is -2.50. The van der Waals surface area contributed by atoms with Crippen LogP contribution in [0.4, 0.5) is 5.69 Å². The fourth-order valence-electron chi connectivity index (χ4n) is 16.3. The second kappa shape index (κ2) is 56.1. The number of esters is 4. The maximum atomic E-state index is 14.3. The molecule has 6 heterocycles. The lowest BCUT2D eigenvalue weighted by atomic mass is 9.95. The first kappa shape index (κ1) is 112. The summed E-state index contributed by atoms with van der Waals surface area (Å²) in [4.78, 5) is 67.8. The third-order valence-electron chi connectivity index (χ3n) is 25.1. The first-order valence-electron chi connectivity index (χ1n) is 46.4. The zero-order chi connectivity index (χ0) is 95.9. The van der Waals surface area contributed by atoms with E-state index in [0.29, 0.717) is 88.5 Å². The van der Waals surface area contributed by atoms with Gasteiger partial charge in [-0.1, -0.05) is 117 Å². The molecule has 7 rings (SSSR count). The van der Waals surface area contributed by atoms with E-state index in [1.807, 2.05) is 13.8 Å². The van der Waals surface area contributed by atoms with Crippen LogP contribution in [-0.2, 0) is 99.8 Å². The van der Waals surface area contributed by atoms with Crippen LogP contribution in [0, 0.1) is 11.8 Å². The number of aldehydes is 1. The summed E-state index contributed by atoms with van der Waals surface area (Å²) < 4.78 is 105. The van der Waals surface area contributed by atoms with E-state index in [0.717, 1.165) is 57.8 Å². The summed E-state index contributed by atoms with van der Waals surface area (Å²) >= 11 is 0. The second-order valence-corrected chi connectivity index (χ2v) is 35.5. The molecule has 40 atom stereocenters. The molecule has 6 aliphatic rings. The minimum atomic E-state index is -2.16. The lowest BCUT2D eigenvalue weighted by Crippen LogP contribution is -2.68. The van der Waals surface area contributed by atoms with Crippen molar-refractivity contribution in [3.63, 3.8) is 0 Å². The van der Waals surface area contributed by atoms with Gasteiger partial charge in [0.25, 0.3) is 0 Å². The van der Waals surface area contributed by atoms with Gasteiger partial charge < -0.3 is 183 Å². The molecule has 0 aliphatic carbocycles. The monoisotopic (exact) mass is 1870 g/mol. The molecule has 0 unspecified atom stereocenters. The molecule has 0 spiro atoms. The van der Waals surface area contributed by atoms with Crippen LogP contribution in [0.3, 0.4) is 0 Å². The number of methoxy groups -OCH3 is 1. The van der Waals surface area contributed by atoms with Gasteiger partial charge in [0.2, 0.25) is 0 Å². The summed E-state index contributed by atoms with van der Waals surface area (Å²) in [5, 5.41) is 202. The molecule has 41 nitrogen and oxygen atoms in total. The van der Waals surface area contributed by atoms with Crippen LogP contribution in [0.5, 0.6) is 5.75 Å². The van der Waals surface area contributed by atoms with E-state index >= 15 is 0 Å². The number of hydrogen-bond donors (Lipinski definition) is 19. The molecule has 0 amide bonds. The Morgan fingerprint density at radius 2 is 0.815 bits per heavy atom. The lowest BCUT2D eigenvalue weighted by molar-refractivity contribution is -0.396. The number of hydrogen-bond acceptors (Lipinski definition) is 41. The predicted octanol–water partition coefficient (Wildman–Crippen LogP) is 0.167. The second-order valence-electron chi connectivity index (χ2n) is 35.5. The Balaban J connectivity index is 1.03. The Hall–Kier alpha value is -4.83. The third kappa shape index (κ3) is 32.4. The highest BCUT2D eigenvalue weighted by Crippen LogP contribution is 2.41. The SMILES string of the molecule is CCCCC[C@@H](CCCCCCCCCC(=O)O[C@@H]1[C@@H](O[C@H](CNc2ccc(OC)cc2)[C@@H](O)[C@H](O)[C@@H](O)C=O)O[C@H](C)[C@@H](OC(=O)[C@H](C)[C@H](C)O)[C@@H]1O[C@H]1O[C@H](C)[C@@H](O)[C@H](O)[C@@H]1O)O[C@H]1O[C@@H](CO)[C@H](O[C@@H]2O[C@H](CO)[C@@H](O)[C@H](O)[C@H]2O[C@H]2O[C@H](C)[C@@H](OC(=O)[C@H](C)[C@H](C)O)[C@H](O[C@@H]3O[C@@H](C)[C@H](O)[C@@H](O)[C@H]3O)[C@@H]2OC(=O)CCCCCCCCC[C@@H](O)CCC)[C@@H](O)[C@@H]1O. The smallest absolute Gasteiger partial charge is 0.311 e. The number of unbranched alkanes of at least 4 members (excludes halogenated alkanes) is 14. The van der Waals surface area contributed by atoms with Crippen LogP contribution in [-0.4, -0.2) is 382 Å². The molecular weight excluding hydrogens is 1720 g/mol. The number of carbonyl (C=O) groups excluding carboxylic acids is 5. The van der Waals surface area contributed by atoms with E-state index in [-0.39, 0.29) is 38.2 Å². The molecule has 19 N–H and O–H groups in total. The van der Waals surface area contributed by atoms with E-state index in [4.69, 9.17) is 80.5 Å². The minimum absolute atomic E-state index is 0.00680. The highest BCUT2D eigenvalue weighted by atomic mass is 16.8. The summed E-state index contributed by atoms with van der Waals surface area (Å²) in [6.07, 6.45) is -49.5. The summed E-state index contributed by atoms with van der Waals surface area (Å²) in [5.41, 5.74) is 0.441. The normalized spacial score (nSPS) is 35.5. The molecular formula is C89H151NO40. The molecule has 6 fully saturated rings. The third-order valence-corrected chi connectivity index (χ3v) is 25.1. The first-order chi connectivity index (χ1) is 61.8. The van der Waals surface area contributed by atoms with Gasteiger partial charge in [0.15, 0.2) is 68.4 Å². The first-order valence-corrected chi connectivity index (χ1v) is 46.4. The summed E-state index contributed by atoms with van der Waals surface area (Å²) in [6.45, 7) is 12.8. The molecule has 41 heteroatoms. The van der Waals surface area contributed by atoms with Crippen LogP contribution < -0.4 is 10.1 Å². The Morgan fingerprint density at radius 3 is 1.28 bits per heavy atom. The van der Waals surface area contributed by atoms with Gasteiger partial charge in [0.1, 0.15) is 128 Å². The van der Waals surface area contributed by atoms with Crippen molar-refractivity contribution >= 4 is 35.9 Å². The van der Waals surface area contributed by atoms with Crippen molar-refractivity contribution in [1.29, 1.82) is 0 Å². The maximum absolute atomic E-state index is 14.3. The Morgan fingerprint density at radius 1 is 0.400 bits per heavy atom. The fraction of sp³-hybridized carbons (Fsp3) is 0.876. The van der Waals surface area contributed by atoms with Crippen molar-refractivity contribution in [2.75, 3.05) is 32.2 Å². The van der Waals surface area contributed by atoms with Crippen LogP contribution in [0.15, 0.2) is 24.3 Å². The maximum Gasteiger partial charge on any atom is 0.311 e. The van der Waals surface area contributed by atoms with Gasteiger partial charge in [0.05, 0.1) is 81.0 Å². The molecule has 130 heavy (non-hydrogen) atoms. The zero-order valence-corrected chi connectivity index (χ0v) is 76.6. The predicted molar refractivity (Wildman–Crippen MR) is 453 cm³/mol. The summed E-state index contributed by atoms with van der Waals surface area (Å²) in [6, 6.07) is 6.47. The molecule has 6 saturated heterocycles. The highest BCUT2D eigenvalue weighted by molar-refractivity contribution is 5.74. The van der Waals surface area contributed by atoms with Crippen LogP contribution in [0.25, 0.3) is 0 Å². The van der Waals surface area contributed by atoms with Gasteiger partial charge >= 0.3 is 23.9 Å². The number of aliphatic hydroxyl groups excluding tert-OH is 18. The number of ether oxygens (including phenoxy) is 17. The number of benzene rings is 1. The number of anilines is 1. The van der Waals surface area contributed by atoms with Crippen molar-refractivity contribution in [2.24, 2.45) is 11.8 Å². The van der Waals surface area contributed by atoms with Crippen molar-refractivity contribution < 1.29 is 196 Å². The molecule has 0 saturated carbocycles. The van der Waals surface area contributed by atoms with E-state index in [1.54, 1.807) is 24.3 Å². The molecule has 1 aromatic rings. The average Bonchev–Trinajstić information content (AvgIpc) is 0.768. The Bertz CT molecular complexity index is 3380. The van der Waals surface area contributed by atoms with Crippen LogP contribution >= 0.6 is 0 Å². The number of carbonyl (C=O) groups is 5. The van der Waals surface area contributed by atoms with Gasteiger partial charge in [-0.05, 0) is 118 Å². The molecule has 6 aliphatic heterocycles. The van der Waals surface area contributed by atoms with E-state index in [9.17, 15) is 116 Å². The van der Waals surface area contributed by atoms with Gasteiger partial charge in [-0.2, -0.15) is 0 Å². The molecule has 1 aromatic carbocycles. The van der Waals surface area contributed by atoms with Crippen LogP contribution in [0.2, 0.25) is 0 Å². The van der Waals surface area contributed by atoms with Crippen molar-refractivity contribution in [3.05, 3.63) is 24.3 Å². The molecule has 0 bridgehead atoms. The van der Waals surface area contributed by atoms with E-state index in [1.165, 1.54) is 62.5 Å². The molecule has 0 radical (unpaired) electrons. The highest BCUT2D eigenvalue weighted by Gasteiger charge is 2.60. The number of aliphatic hydroxyl groups is 18. The largest absolute Gasteiger partial charge is 0.497 e. The van der Waals surface area contributed by atoms with Crippen molar-refractivity contribution in [3.8, 4) is 5.75 Å². The van der Waals surface area contributed by atoms with Crippen molar-refractivity contribution in [2.45, 2.75) is 456 Å². The Labute approximate surface area is 759 Å². The van der Waals surface area contributed by atoms with E-state index < -0.39 is 276 Å². The average molecular weight is 1880 g/mol. The summed E-state index contributed by atoms with van der Waals surface area (Å²) in [7, 11) is 1.46. The fourth-order valence-corrected chi connectivity index (χ4v) is 16.3. The minimum Gasteiger partial charge on any atom is -0.497 e. The standard InChI is InChI=1S/C89H151NO40/c1-12-14-25-32-55(33-27-22-18-16-20-24-28-34-60(98)123-80-78(129-84-71(109)67(105)62(100)48(7)115-84)74(125-82(112)44(3)46(5)94)50(9)117-88(80)120-57(65(103)64(102)56(97)41-91)40-90-52-36-38-54(114-11)39-37-52)119-86-73(111)70(108)76(59(43-93)122-86)127-87-77(69(107)66(104)58(42-92)121-87)128-89-81(124-61(99)35-29-23-19-15-17-21-26-31-53(96)30-13-2)79(130-85-72(110)68(106)63(101)49(8)116-85)75(51(10)118-89)126-83(113)45(4)47(6)95/h36-39,41,44-51,53,55-59,62-81,84-90,92-97,100-111H,12-35,40,42-43H2,1-11H3/t44-,45-,46+,47+,48-,49+,50-,51-,53+,55+,56+,57-,58-,59+,62-,63+,64-,65-,66-,67+,68-,69+,70+,71+,72-,73+,74-,75-,76+,77-,78+,79+,80+,81+,84-,85+,86+,87+,88-,89-/m1/s1. The molecule has 752 valence electrons. The zero-order valence-electron chi connectivity index (χ0n) is 76.6. The quantitative estimate of drug-likeness (QED) is 0.0179. The number of rotatable bonds is 56. The number of nitrogens with one attached hydrogen (secondary N) is 1. The van der Waals surface area contributed by atoms with E-state index in [2.05, 4.69) is 5.32 Å². The molecule has 0 aromatic heterocycles. The van der Waals surface area contributed by atoms with Gasteiger partial charge in [-0.15, -0.1) is 0 Å². The Kier molecular flexibility index (Phi) is 48.4. The topological polar surface area (TPSA) is 618 Å². The van der Waals surface area contributed by atoms with Gasteiger partial charge in [-0.25, -0.2) is 0 Å². The van der Waals surface area contributed by atoms with Gasteiger partial charge in [0, 0.05) is 25.1 Å². The van der Waals surface area contributed by atoms with Crippen molar-refractivity contribution in [1.82, 2.24) is 0 Å². The summed E-state index contributed by atoms with van der Waals surface area (Å²) in [5.74, 6) is -5.53. The van der Waals surface area contributed by atoms with Gasteiger partial charge in [-0.3, -0.25) is 19.2 Å². The van der Waals surface area contributed by atoms with Crippen LogP contribution in [0.1, 0.15) is 223 Å².